The Hall–Kier alpha value is -2.09. The van der Waals surface area contributed by atoms with E-state index in [1.54, 1.807) is 6.92 Å². The van der Waals surface area contributed by atoms with Crippen molar-refractivity contribution in [1.29, 1.82) is 0 Å². The fraction of sp³-hybridized carbons (Fsp3) is 0.385. The van der Waals surface area contributed by atoms with Gasteiger partial charge in [-0.3, -0.25) is 9.59 Å². The van der Waals surface area contributed by atoms with Gasteiger partial charge in [-0.15, -0.1) is 0 Å². The van der Waals surface area contributed by atoms with Gasteiger partial charge in [-0.2, -0.15) is 0 Å². The zero-order valence-electron chi connectivity index (χ0n) is 12.1. The van der Waals surface area contributed by atoms with E-state index in [0.29, 0.717) is 6.54 Å². The molecule has 1 aromatic carbocycles. The highest BCUT2D eigenvalue weighted by atomic mass is 32.2. The predicted molar refractivity (Wildman–Crippen MR) is 79.6 cm³/mol. The van der Waals surface area contributed by atoms with Crippen LogP contribution < -0.4 is 16.4 Å². The van der Waals surface area contributed by atoms with Gasteiger partial charge in [-0.05, 0) is 32.0 Å². The highest BCUT2D eigenvalue weighted by molar-refractivity contribution is 7.90. The van der Waals surface area contributed by atoms with Crippen LogP contribution in [0.4, 0.5) is 5.69 Å². The van der Waals surface area contributed by atoms with Crippen LogP contribution in [0.2, 0.25) is 0 Å². The summed E-state index contributed by atoms with van der Waals surface area (Å²) in [6.07, 6.45) is 1.03. The van der Waals surface area contributed by atoms with Crippen molar-refractivity contribution in [3.8, 4) is 0 Å². The lowest BCUT2D eigenvalue weighted by atomic mass is 10.1. The monoisotopic (exact) mass is 313 g/mol. The number of nitrogen functional groups attached to an aromatic ring is 1. The maximum Gasteiger partial charge on any atom is 0.252 e. The molecule has 0 aliphatic heterocycles. The van der Waals surface area contributed by atoms with Crippen molar-refractivity contribution in [1.82, 2.24) is 10.6 Å². The number of anilines is 1. The molecule has 21 heavy (non-hydrogen) atoms. The van der Waals surface area contributed by atoms with Crippen molar-refractivity contribution >= 4 is 27.3 Å². The molecule has 0 aliphatic rings. The summed E-state index contributed by atoms with van der Waals surface area (Å²) in [4.78, 5) is 23.6. The Bertz CT molecular complexity index is 655. The second kappa shape index (κ2) is 6.57. The Kier molecular flexibility index (Phi) is 5.31. The zero-order chi connectivity index (χ0) is 16.2. The molecule has 0 heterocycles. The van der Waals surface area contributed by atoms with Gasteiger partial charge in [-0.1, -0.05) is 0 Å². The standard InChI is InChI=1S/C13H19N3O4S/c1-4-15-12(17)8(2)16-13(18)9-5-10(14)7-11(6-9)21(3,19)20/h5-8H,4,14H2,1-3H3,(H,15,17)(H,16,18). The van der Waals surface area contributed by atoms with Gasteiger partial charge in [0.25, 0.3) is 5.91 Å². The summed E-state index contributed by atoms with van der Waals surface area (Å²) in [7, 11) is -3.47. The number of nitrogens with two attached hydrogens (primary N) is 1. The molecule has 7 nitrogen and oxygen atoms in total. The second-order valence-electron chi connectivity index (χ2n) is 4.65. The first-order valence-corrected chi connectivity index (χ1v) is 8.23. The van der Waals surface area contributed by atoms with Crippen molar-refractivity contribution in [3.05, 3.63) is 23.8 Å². The summed E-state index contributed by atoms with van der Waals surface area (Å²) in [5, 5.41) is 5.06. The Morgan fingerprint density at radius 2 is 1.90 bits per heavy atom. The molecular formula is C13H19N3O4S. The molecule has 1 atom stereocenters. The molecule has 2 amide bonds. The molecule has 0 saturated carbocycles. The molecule has 116 valence electrons. The number of carbonyl (C=O) groups excluding carboxylic acids is 2. The number of hydrogen-bond donors (Lipinski definition) is 3. The topological polar surface area (TPSA) is 118 Å². The van der Waals surface area contributed by atoms with Gasteiger partial charge in [0.15, 0.2) is 9.84 Å². The summed E-state index contributed by atoms with van der Waals surface area (Å²) in [6, 6.07) is 3.12. The van der Waals surface area contributed by atoms with Gasteiger partial charge in [-0.25, -0.2) is 8.42 Å². The van der Waals surface area contributed by atoms with Crippen molar-refractivity contribution in [3.63, 3.8) is 0 Å². The quantitative estimate of drug-likeness (QED) is 0.657. The van der Waals surface area contributed by atoms with Crippen molar-refractivity contribution < 1.29 is 18.0 Å². The van der Waals surface area contributed by atoms with Crippen molar-refractivity contribution in [2.75, 3.05) is 18.5 Å². The Balaban J connectivity index is 2.98. The lowest BCUT2D eigenvalue weighted by Crippen LogP contribution is -2.44. The summed E-state index contributed by atoms with van der Waals surface area (Å²) in [5.74, 6) is -0.885. The first-order valence-electron chi connectivity index (χ1n) is 6.34. The van der Waals surface area contributed by atoms with E-state index in [4.69, 9.17) is 5.73 Å². The van der Waals surface area contributed by atoms with Gasteiger partial charge in [0.2, 0.25) is 5.91 Å². The number of amides is 2. The number of rotatable bonds is 5. The van der Waals surface area contributed by atoms with E-state index in [0.717, 1.165) is 6.26 Å². The van der Waals surface area contributed by atoms with Crippen LogP contribution in [0.1, 0.15) is 24.2 Å². The van der Waals surface area contributed by atoms with E-state index in [-0.39, 0.29) is 22.1 Å². The maximum absolute atomic E-state index is 12.1. The van der Waals surface area contributed by atoms with E-state index in [1.165, 1.54) is 25.1 Å². The molecule has 1 aromatic rings. The van der Waals surface area contributed by atoms with Gasteiger partial charge in [0.1, 0.15) is 6.04 Å². The van der Waals surface area contributed by atoms with Crippen LogP contribution in [0.25, 0.3) is 0 Å². The van der Waals surface area contributed by atoms with Crippen molar-refractivity contribution in [2.45, 2.75) is 24.8 Å². The highest BCUT2D eigenvalue weighted by Gasteiger charge is 2.18. The fourth-order valence-electron chi connectivity index (χ4n) is 1.64. The number of sulfone groups is 1. The molecule has 0 aromatic heterocycles. The molecule has 0 saturated heterocycles. The maximum atomic E-state index is 12.1. The van der Waals surface area contributed by atoms with Gasteiger partial charge >= 0.3 is 0 Å². The smallest absolute Gasteiger partial charge is 0.252 e. The molecule has 8 heteroatoms. The summed E-state index contributed by atoms with van der Waals surface area (Å²) in [6.45, 7) is 3.75. The molecule has 0 spiro atoms. The number of benzene rings is 1. The lowest BCUT2D eigenvalue weighted by Gasteiger charge is -2.14. The Labute approximate surface area is 123 Å². The second-order valence-corrected chi connectivity index (χ2v) is 6.67. The Morgan fingerprint density at radius 3 is 2.43 bits per heavy atom. The summed E-state index contributed by atoms with van der Waals surface area (Å²) < 4.78 is 23.0. The van der Waals surface area contributed by atoms with E-state index >= 15 is 0 Å². The Morgan fingerprint density at radius 1 is 1.29 bits per heavy atom. The van der Waals surface area contributed by atoms with Crippen LogP contribution in [-0.2, 0) is 14.6 Å². The SMILES string of the molecule is CCNC(=O)C(C)NC(=O)c1cc(N)cc(S(C)(=O)=O)c1. The number of likely N-dealkylation sites (N-methyl/N-ethyl adjacent to an activating group) is 1. The van der Waals surface area contributed by atoms with Gasteiger partial charge < -0.3 is 16.4 Å². The van der Waals surface area contributed by atoms with E-state index < -0.39 is 21.8 Å². The summed E-state index contributed by atoms with van der Waals surface area (Å²) in [5.41, 5.74) is 5.86. The van der Waals surface area contributed by atoms with E-state index in [1.807, 2.05) is 0 Å². The number of nitrogens with one attached hydrogen (secondary N) is 2. The molecule has 1 unspecified atom stereocenters. The van der Waals surface area contributed by atoms with Crippen LogP contribution >= 0.6 is 0 Å². The molecule has 1 rings (SSSR count). The molecule has 0 fully saturated rings. The average Bonchev–Trinajstić information content (AvgIpc) is 2.37. The van der Waals surface area contributed by atoms with Crippen LogP contribution in [0.15, 0.2) is 23.1 Å². The molecule has 4 N–H and O–H groups in total. The van der Waals surface area contributed by atoms with Gasteiger partial charge in [0, 0.05) is 24.1 Å². The number of carbonyl (C=O) groups is 2. The van der Waals surface area contributed by atoms with Crippen LogP contribution in [-0.4, -0.2) is 39.1 Å². The van der Waals surface area contributed by atoms with E-state index in [2.05, 4.69) is 10.6 Å². The van der Waals surface area contributed by atoms with Crippen LogP contribution in [0.3, 0.4) is 0 Å². The third-order valence-corrected chi connectivity index (χ3v) is 3.80. The molecule has 0 radical (unpaired) electrons. The highest BCUT2D eigenvalue weighted by Crippen LogP contribution is 2.16. The lowest BCUT2D eigenvalue weighted by molar-refractivity contribution is -0.122. The fourth-order valence-corrected chi connectivity index (χ4v) is 2.33. The minimum atomic E-state index is -3.47. The molecule has 0 aliphatic carbocycles. The summed E-state index contributed by atoms with van der Waals surface area (Å²) >= 11 is 0. The minimum Gasteiger partial charge on any atom is -0.399 e. The minimum absolute atomic E-state index is 0.0432. The predicted octanol–water partition coefficient (Wildman–Crippen LogP) is -0.0733. The van der Waals surface area contributed by atoms with Crippen LogP contribution in [0, 0.1) is 0 Å². The number of hydrogen-bond acceptors (Lipinski definition) is 5. The first kappa shape index (κ1) is 17.0. The zero-order valence-corrected chi connectivity index (χ0v) is 13.0. The third-order valence-electron chi connectivity index (χ3n) is 2.71. The first-order chi connectivity index (χ1) is 9.65. The molecule has 0 bridgehead atoms. The van der Waals surface area contributed by atoms with Crippen molar-refractivity contribution in [2.24, 2.45) is 0 Å². The normalized spacial score (nSPS) is 12.5. The molecular weight excluding hydrogens is 294 g/mol. The van der Waals surface area contributed by atoms with E-state index in [9.17, 15) is 18.0 Å². The largest absolute Gasteiger partial charge is 0.399 e. The van der Waals surface area contributed by atoms with Gasteiger partial charge in [0.05, 0.1) is 4.90 Å². The average molecular weight is 313 g/mol. The van der Waals surface area contributed by atoms with Crippen LogP contribution in [0.5, 0.6) is 0 Å². The third kappa shape index (κ3) is 4.75.